The molecule has 3 nitrogen and oxygen atoms in total. The van der Waals surface area contributed by atoms with Crippen molar-refractivity contribution in [3.63, 3.8) is 0 Å². The van der Waals surface area contributed by atoms with Gasteiger partial charge < -0.3 is 10.1 Å². The molecule has 0 spiro atoms. The van der Waals surface area contributed by atoms with Crippen molar-refractivity contribution in [1.29, 1.82) is 0 Å². The molecule has 120 valence electrons. The van der Waals surface area contributed by atoms with Gasteiger partial charge in [0.1, 0.15) is 5.75 Å². The summed E-state index contributed by atoms with van der Waals surface area (Å²) in [5, 5.41) is 2.98. The number of amides is 1. The Morgan fingerprint density at radius 1 is 1.17 bits per heavy atom. The van der Waals surface area contributed by atoms with Crippen LogP contribution in [0.25, 0.3) is 0 Å². The van der Waals surface area contributed by atoms with Gasteiger partial charge in [-0.2, -0.15) is 8.78 Å². The van der Waals surface area contributed by atoms with E-state index in [1.807, 2.05) is 24.3 Å². The number of hydrogen-bond donors (Lipinski definition) is 1. The molecule has 0 saturated carbocycles. The molecule has 23 heavy (non-hydrogen) atoms. The van der Waals surface area contributed by atoms with E-state index in [4.69, 9.17) is 4.74 Å². The summed E-state index contributed by atoms with van der Waals surface area (Å²) in [5.41, 5.74) is 1.41. The van der Waals surface area contributed by atoms with Crippen molar-refractivity contribution in [3.8, 4) is 5.75 Å². The third-order valence-electron chi connectivity index (χ3n) is 3.61. The molecule has 1 aliphatic rings. The minimum Gasteiger partial charge on any atom is -0.493 e. The lowest BCUT2D eigenvalue weighted by molar-refractivity contribution is 0.0924. The SMILES string of the molecule is O=C(NC1CCOc2ccccc21)c1ccc(SC(F)F)cc1. The van der Waals surface area contributed by atoms with E-state index in [1.54, 1.807) is 12.1 Å². The molecule has 1 atom stereocenters. The van der Waals surface area contributed by atoms with Crippen LogP contribution in [0.5, 0.6) is 5.75 Å². The Labute approximate surface area is 137 Å². The van der Waals surface area contributed by atoms with Crippen LogP contribution >= 0.6 is 11.8 Å². The van der Waals surface area contributed by atoms with E-state index in [9.17, 15) is 13.6 Å². The molecule has 0 fully saturated rings. The summed E-state index contributed by atoms with van der Waals surface area (Å²) in [6.07, 6.45) is 0.696. The third-order valence-corrected chi connectivity index (χ3v) is 4.33. The van der Waals surface area contributed by atoms with E-state index in [0.29, 0.717) is 35.2 Å². The lowest BCUT2D eigenvalue weighted by Crippen LogP contribution is -2.32. The van der Waals surface area contributed by atoms with Crippen molar-refractivity contribution < 1.29 is 18.3 Å². The zero-order chi connectivity index (χ0) is 16.2. The van der Waals surface area contributed by atoms with Crippen LogP contribution in [0.2, 0.25) is 0 Å². The smallest absolute Gasteiger partial charge is 0.288 e. The zero-order valence-corrected chi connectivity index (χ0v) is 13.0. The zero-order valence-electron chi connectivity index (χ0n) is 12.2. The number of carbonyl (C=O) groups excluding carboxylic acids is 1. The third kappa shape index (κ3) is 3.82. The van der Waals surface area contributed by atoms with Gasteiger partial charge in [0.25, 0.3) is 11.7 Å². The molecule has 1 aliphatic heterocycles. The summed E-state index contributed by atoms with van der Waals surface area (Å²) in [7, 11) is 0. The number of benzene rings is 2. The second kappa shape index (κ2) is 7.00. The first-order valence-electron chi connectivity index (χ1n) is 7.21. The topological polar surface area (TPSA) is 38.3 Å². The maximum absolute atomic E-state index is 12.3. The van der Waals surface area contributed by atoms with Crippen LogP contribution in [0.1, 0.15) is 28.4 Å². The molecule has 2 aromatic carbocycles. The molecule has 0 saturated heterocycles. The van der Waals surface area contributed by atoms with Gasteiger partial charge in [-0.05, 0) is 30.3 Å². The first-order valence-corrected chi connectivity index (χ1v) is 8.09. The Balaban J connectivity index is 1.70. The highest BCUT2D eigenvalue weighted by Gasteiger charge is 2.23. The number of ether oxygens (including phenoxy) is 1. The van der Waals surface area contributed by atoms with E-state index in [2.05, 4.69) is 5.32 Å². The fourth-order valence-electron chi connectivity index (χ4n) is 2.52. The number of fused-ring (bicyclic) bond motifs is 1. The average Bonchev–Trinajstić information content (AvgIpc) is 2.55. The molecule has 2 aromatic rings. The Hall–Kier alpha value is -2.08. The molecule has 0 aliphatic carbocycles. The standard InChI is InChI=1S/C17H15F2NO2S/c18-17(19)23-12-7-5-11(6-8-12)16(21)20-14-9-10-22-15-4-2-1-3-13(14)15/h1-8,14,17H,9-10H2,(H,20,21). The molecule has 1 N–H and O–H groups in total. The molecule has 0 radical (unpaired) electrons. The molecule has 0 aromatic heterocycles. The number of rotatable bonds is 4. The fourth-order valence-corrected chi connectivity index (χ4v) is 3.02. The maximum atomic E-state index is 12.3. The molecular weight excluding hydrogens is 320 g/mol. The van der Waals surface area contributed by atoms with Crippen LogP contribution < -0.4 is 10.1 Å². The second-order valence-electron chi connectivity index (χ2n) is 5.10. The molecule has 6 heteroatoms. The Kier molecular flexibility index (Phi) is 4.81. The van der Waals surface area contributed by atoms with Crippen LogP contribution in [0.4, 0.5) is 8.78 Å². The molecule has 1 amide bonds. The minimum absolute atomic E-state index is 0.109. The molecule has 1 unspecified atom stereocenters. The summed E-state index contributed by atoms with van der Waals surface area (Å²) in [5.74, 6) is -1.90. The summed E-state index contributed by atoms with van der Waals surface area (Å²) < 4.78 is 30.2. The normalized spacial score (nSPS) is 16.6. The number of thioether (sulfide) groups is 1. The number of halogens is 2. The van der Waals surface area contributed by atoms with Gasteiger partial charge in [0.15, 0.2) is 0 Å². The van der Waals surface area contributed by atoms with E-state index in [0.717, 1.165) is 11.3 Å². The Bertz CT molecular complexity index is 691. The van der Waals surface area contributed by atoms with Crippen molar-refractivity contribution in [3.05, 3.63) is 59.7 Å². The van der Waals surface area contributed by atoms with Crippen LogP contribution in [0.3, 0.4) is 0 Å². The monoisotopic (exact) mass is 335 g/mol. The van der Waals surface area contributed by atoms with Gasteiger partial charge in [0.05, 0.1) is 12.6 Å². The van der Waals surface area contributed by atoms with Gasteiger partial charge >= 0.3 is 0 Å². The summed E-state index contributed by atoms with van der Waals surface area (Å²) >= 11 is 0.464. The molecular formula is C17H15F2NO2S. The van der Waals surface area contributed by atoms with Crippen LogP contribution in [0, 0.1) is 0 Å². The number of nitrogens with one attached hydrogen (secondary N) is 1. The number of hydrogen-bond acceptors (Lipinski definition) is 3. The highest BCUT2D eigenvalue weighted by atomic mass is 32.2. The van der Waals surface area contributed by atoms with E-state index >= 15 is 0 Å². The van der Waals surface area contributed by atoms with Gasteiger partial charge in [-0.1, -0.05) is 30.0 Å². The Morgan fingerprint density at radius 3 is 2.65 bits per heavy atom. The van der Waals surface area contributed by atoms with Crippen LogP contribution in [0.15, 0.2) is 53.4 Å². The van der Waals surface area contributed by atoms with Crippen molar-refractivity contribution in [1.82, 2.24) is 5.32 Å². The first-order chi connectivity index (χ1) is 11.1. The van der Waals surface area contributed by atoms with E-state index in [1.165, 1.54) is 12.1 Å². The van der Waals surface area contributed by atoms with Crippen LogP contribution in [-0.4, -0.2) is 18.3 Å². The fraction of sp³-hybridized carbons (Fsp3) is 0.235. The quantitative estimate of drug-likeness (QED) is 0.849. The predicted molar refractivity (Wildman–Crippen MR) is 85.1 cm³/mol. The number of para-hydroxylation sites is 1. The first kappa shape index (κ1) is 15.8. The van der Waals surface area contributed by atoms with Crippen molar-refractivity contribution >= 4 is 17.7 Å². The number of carbonyl (C=O) groups is 1. The van der Waals surface area contributed by atoms with Gasteiger partial charge in [-0.25, -0.2) is 0 Å². The lowest BCUT2D eigenvalue weighted by atomic mass is 10.00. The van der Waals surface area contributed by atoms with E-state index < -0.39 is 5.76 Å². The van der Waals surface area contributed by atoms with Crippen molar-refractivity contribution in [2.75, 3.05) is 6.61 Å². The van der Waals surface area contributed by atoms with Crippen molar-refractivity contribution in [2.45, 2.75) is 23.1 Å². The summed E-state index contributed by atoms with van der Waals surface area (Å²) in [6, 6.07) is 13.7. The Morgan fingerprint density at radius 2 is 1.91 bits per heavy atom. The molecule has 1 heterocycles. The van der Waals surface area contributed by atoms with Gasteiger partial charge in [-0.3, -0.25) is 4.79 Å². The summed E-state index contributed by atoms with van der Waals surface area (Å²) in [6.45, 7) is 0.548. The highest BCUT2D eigenvalue weighted by Crippen LogP contribution is 2.32. The molecule has 0 bridgehead atoms. The van der Waals surface area contributed by atoms with Crippen LogP contribution in [-0.2, 0) is 0 Å². The second-order valence-corrected chi connectivity index (χ2v) is 6.17. The number of alkyl halides is 2. The average molecular weight is 335 g/mol. The molecule has 3 rings (SSSR count). The predicted octanol–water partition coefficient (Wildman–Crippen LogP) is 4.25. The van der Waals surface area contributed by atoms with Gasteiger partial charge in [-0.15, -0.1) is 0 Å². The van der Waals surface area contributed by atoms with E-state index in [-0.39, 0.29) is 11.9 Å². The van der Waals surface area contributed by atoms with Gasteiger partial charge in [0, 0.05) is 22.4 Å². The maximum Gasteiger partial charge on any atom is 0.288 e. The largest absolute Gasteiger partial charge is 0.493 e. The summed E-state index contributed by atoms with van der Waals surface area (Å²) in [4.78, 5) is 12.8. The lowest BCUT2D eigenvalue weighted by Gasteiger charge is -2.26. The van der Waals surface area contributed by atoms with Crippen molar-refractivity contribution in [2.24, 2.45) is 0 Å². The highest BCUT2D eigenvalue weighted by molar-refractivity contribution is 7.99. The van der Waals surface area contributed by atoms with Gasteiger partial charge in [0.2, 0.25) is 0 Å². The minimum atomic E-state index is -2.46.